The number of nitrogens with one attached hydrogen (secondary N) is 1. The van der Waals surface area contributed by atoms with Crippen LogP contribution in [0, 0.1) is 5.92 Å². The molecule has 2 spiro atoms. The van der Waals surface area contributed by atoms with Gasteiger partial charge in [-0.25, -0.2) is 0 Å². The van der Waals surface area contributed by atoms with Crippen LogP contribution < -0.4 is 14.8 Å². The first kappa shape index (κ1) is 28.4. The summed E-state index contributed by atoms with van der Waals surface area (Å²) in [5, 5.41) is 68.6. The molecule has 5 fully saturated rings. The van der Waals surface area contributed by atoms with Crippen molar-refractivity contribution in [3.63, 3.8) is 0 Å². The van der Waals surface area contributed by atoms with E-state index >= 15 is 0 Å². The van der Waals surface area contributed by atoms with Crippen LogP contribution in [0.15, 0.2) is 24.3 Å². The summed E-state index contributed by atoms with van der Waals surface area (Å²) in [6.45, 7) is 2.82. The predicted octanol–water partition coefficient (Wildman–Crippen LogP) is 1.51. The van der Waals surface area contributed by atoms with Gasteiger partial charge in [0.1, 0.15) is 12.2 Å². The molecule has 7 N–H and O–H groups in total. The van der Waals surface area contributed by atoms with E-state index in [1.165, 1.54) is 18.4 Å². The van der Waals surface area contributed by atoms with E-state index in [1.54, 1.807) is 12.1 Å². The van der Waals surface area contributed by atoms with Crippen molar-refractivity contribution in [2.45, 2.75) is 123 Å². The van der Waals surface area contributed by atoms with Crippen LogP contribution in [0.2, 0.25) is 0 Å². The van der Waals surface area contributed by atoms with Gasteiger partial charge in [-0.1, -0.05) is 12.1 Å². The van der Waals surface area contributed by atoms with E-state index in [0.717, 1.165) is 67.9 Å². The van der Waals surface area contributed by atoms with Crippen molar-refractivity contribution in [2.24, 2.45) is 5.92 Å². The molecule has 246 valence electrons. The van der Waals surface area contributed by atoms with E-state index in [1.807, 2.05) is 12.1 Å². The highest BCUT2D eigenvalue weighted by Gasteiger charge is 2.74. The summed E-state index contributed by atoms with van der Waals surface area (Å²) < 4.78 is 12.1. The highest BCUT2D eigenvalue weighted by Crippen LogP contribution is 2.66. The normalized spacial score (nSPS) is 45.0. The maximum Gasteiger partial charge on any atom is 0.165 e. The van der Waals surface area contributed by atoms with Crippen LogP contribution in [0.4, 0.5) is 0 Å². The number of piperidine rings is 2. The fourth-order valence-electron chi connectivity index (χ4n) is 11.9. The van der Waals surface area contributed by atoms with Crippen LogP contribution in [-0.2, 0) is 23.7 Å². The molecular weight excluding hydrogens is 588 g/mol. The van der Waals surface area contributed by atoms with Crippen molar-refractivity contribution in [1.29, 1.82) is 0 Å². The molecule has 2 aromatic rings. The minimum atomic E-state index is -0.902. The molecule has 11 rings (SSSR count). The number of aliphatic hydroxyl groups is 4. The Labute approximate surface area is 268 Å². The van der Waals surface area contributed by atoms with Gasteiger partial charge in [0.25, 0.3) is 0 Å². The zero-order valence-corrected chi connectivity index (χ0v) is 26.0. The number of phenolic OH excluding ortho intramolecular Hbond substituents is 2. The lowest BCUT2D eigenvalue weighted by Crippen LogP contribution is -2.77. The lowest BCUT2D eigenvalue weighted by molar-refractivity contribution is -0.208. The van der Waals surface area contributed by atoms with Gasteiger partial charge < -0.3 is 45.4 Å². The van der Waals surface area contributed by atoms with Crippen molar-refractivity contribution in [1.82, 2.24) is 10.2 Å². The number of benzene rings is 2. The van der Waals surface area contributed by atoms with Crippen molar-refractivity contribution in [3.05, 3.63) is 46.5 Å². The zero-order valence-electron chi connectivity index (χ0n) is 26.0. The molecule has 4 heterocycles. The van der Waals surface area contributed by atoms with Crippen molar-refractivity contribution in [3.8, 4) is 23.0 Å². The summed E-state index contributed by atoms with van der Waals surface area (Å²) in [5.74, 6) is 2.03. The van der Waals surface area contributed by atoms with Gasteiger partial charge in [0.15, 0.2) is 23.0 Å². The highest BCUT2D eigenvalue weighted by atomic mass is 16.5. The van der Waals surface area contributed by atoms with Crippen molar-refractivity contribution < 1.29 is 40.1 Å². The molecule has 0 radical (unpaired) electrons. The van der Waals surface area contributed by atoms with Crippen LogP contribution >= 0.6 is 0 Å². The van der Waals surface area contributed by atoms with E-state index in [9.17, 15) is 30.6 Å². The van der Waals surface area contributed by atoms with E-state index in [-0.39, 0.29) is 23.6 Å². The maximum absolute atomic E-state index is 12.0. The van der Waals surface area contributed by atoms with E-state index < -0.39 is 46.4 Å². The minimum absolute atomic E-state index is 0.00663. The van der Waals surface area contributed by atoms with Crippen LogP contribution in [0.3, 0.4) is 0 Å². The standard InChI is InChI=1S/C20H25NO4.C16H19NO4/c22-13-4-3-12-9-15-20(24)6-5-14(23)18-19(20,16(12)17(13)25-18)7-8-21(15)10-11-1-2-11;18-9-2-1-8-7-11-16(20)4-3-10(19)14-15(16,5-6-17-11)12(8)13(9)21-14/h3-4,11,14-15,18,22-24H,1-2,5-10H2;1-2,10-11,14,17-20H,3-7H2/t14-,15+,18-,19-,20+;10-,11+,14-,15-,16+/m00/s1. The number of likely N-dealkylation sites (tertiary alicyclic amines) is 1. The third-order valence-corrected chi connectivity index (χ3v) is 14.0. The second kappa shape index (κ2) is 9.09. The third-order valence-electron chi connectivity index (χ3n) is 14.0. The molecule has 0 aromatic heterocycles. The fraction of sp³-hybridized carbons (Fsp3) is 0.667. The molecule has 9 aliphatic rings. The molecule has 0 unspecified atom stereocenters. The minimum Gasteiger partial charge on any atom is -0.504 e. The first-order valence-corrected chi connectivity index (χ1v) is 17.4. The average molecular weight is 633 g/mol. The van der Waals surface area contributed by atoms with Crippen LogP contribution in [-0.4, -0.2) is 103 Å². The number of aliphatic hydroxyl groups excluding tert-OH is 2. The molecule has 10 atom stereocenters. The largest absolute Gasteiger partial charge is 0.504 e. The first-order valence-electron chi connectivity index (χ1n) is 17.4. The molecule has 2 saturated heterocycles. The first-order chi connectivity index (χ1) is 22.1. The van der Waals surface area contributed by atoms with Crippen LogP contribution in [0.1, 0.15) is 73.6 Å². The Hall–Kier alpha value is -2.60. The van der Waals surface area contributed by atoms with Crippen molar-refractivity contribution >= 4 is 0 Å². The highest BCUT2D eigenvalue weighted by molar-refractivity contribution is 5.63. The Morgan fingerprint density at radius 2 is 1.33 bits per heavy atom. The Balaban J connectivity index is 0.000000121. The lowest BCUT2D eigenvalue weighted by Gasteiger charge is -2.63. The van der Waals surface area contributed by atoms with Gasteiger partial charge in [-0.15, -0.1) is 0 Å². The molecule has 4 bridgehead atoms. The Kier molecular flexibility index (Phi) is 5.62. The number of rotatable bonds is 2. The fourth-order valence-corrected chi connectivity index (χ4v) is 11.9. The number of nitrogens with zero attached hydrogens (tertiary/aromatic N) is 1. The Morgan fingerprint density at radius 1 is 0.739 bits per heavy atom. The molecule has 2 aromatic carbocycles. The van der Waals surface area contributed by atoms with Gasteiger partial charge in [0, 0.05) is 29.8 Å². The van der Waals surface area contributed by atoms with Crippen molar-refractivity contribution in [2.75, 3.05) is 19.6 Å². The number of phenols is 2. The van der Waals surface area contributed by atoms with Gasteiger partial charge in [0.2, 0.25) is 0 Å². The summed E-state index contributed by atoms with van der Waals surface area (Å²) in [7, 11) is 0. The summed E-state index contributed by atoms with van der Waals surface area (Å²) in [6.07, 6.45) is 5.87. The van der Waals surface area contributed by atoms with Crippen LogP contribution in [0.25, 0.3) is 0 Å². The smallest absolute Gasteiger partial charge is 0.165 e. The summed E-state index contributed by atoms with van der Waals surface area (Å²) in [6, 6.07) is 7.38. The average Bonchev–Trinajstić information content (AvgIpc) is 3.66. The number of aromatic hydroxyl groups is 2. The lowest BCUT2D eigenvalue weighted by atomic mass is 9.48. The van der Waals surface area contributed by atoms with Gasteiger partial charge in [-0.2, -0.15) is 0 Å². The molecule has 3 saturated carbocycles. The molecule has 10 heteroatoms. The van der Waals surface area contributed by atoms with Gasteiger partial charge in [-0.05, 0) is 106 Å². The predicted molar refractivity (Wildman–Crippen MR) is 165 cm³/mol. The monoisotopic (exact) mass is 632 g/mol. The second-order valence-electron chi connectivity index (χ2n) is 15.8. The van der Waals surface area contributed by atoms with Gasteiger partial charge >= 0.3 is 0 Å². The Morgan fingerprint density at radius 3 is 1.96 bits per heavy atom. The SMILES string of the molecule is Oc1ccc2c3c1O[C@H]1[C@@H](O)CC[C@@]4(O)[C@@H](C2)N(CC2CC2)CC[C@]314.Oc1ccc2c3c1O[C@H]1[C@@H](O)CC[C@@]4(O)[C@@H](C2)NCC[C@]314. The summed E-state index contributed by atoms with van der Waals surface area (Å²) >= 11 is 0. The molecule has 4 aliphatic heterocycles. The summed E-state index contributed by atoms with van der Waals surface area (Å²) in [5.41, 5.74) is 1.31. The molecule has 0 amide bonds. The van der Waals surface area contributed by atoms with Crippen LogP contribution in [0.5, 0.6) is 23.0 Å². The molecule has 46 heavy (non-hydrogen) atoms. The van der Waals surface area contributed by atoms with E-state index in [0.29, 0.717) is 37.2 Å². The summed E-state index contributed by atoms with van der Waals surface area (Å²) in [4.78, 5) is 2.51. The zero-order chi connectivity index (χ0) is 31.4. The topological polar surface area (TPSA) is 155 Å². The molecule has 5 aliphatic carbocycles. The second-order valence-corrected chi connectivity index (χ2v) is 15.8. The van der Waals surface area contributed by atoms with Gasteiger partial charge in [-0.3, -0.25) is 4.90 Å². The third kappa shape index (κ3) is 3.20. The van der Waals surface area contributed by atoms with Gasteiger partial charge in [0.05, 0.1) is 34.2 Å². The Bertz CT molecular complexity index is 1650. The van der Waals surface area contributed by atoms with E-state index in [2.05, 4.69) is 10.2 Å². The number of hydrogen-bond acceptors (Lipinski definition) is 10. The van der Waals surface area contributed by atoms with E-state index in [4.69, 9.17) is 9.47 Å². The number of hydrogen-bond donors (Lipinski definition) is 7. The molecule has 10 nitrogen and oxygen atoms in total. The maximum atomic E-state index is 12.0. The molecular formula is C36H44N2O8. The number of ether oxygens (including phenoxy) is 2. The quantitative estimate of drug-likeness (QED) is 0.259.